The van der Waals surface area contributed by atoms with Crippen LogP contribution in [0.25, 0.3) is 10.9 Å². The van der Waals surface area contributed by atoms with Gasteiger partial charge in [-0.15, -0.1) is 0 Å². The van der Waals surface area contributed by atoms with Crippen LogP contribution in [-0.4, -0.2) is 175 Å². The second kappa shape index (κ2) is 30.7. The van der Waals surface area contributed by atoms with Crippen LogP contribution in [0, 0.1) is 0 Å². The standard InChI is InChI=1S/C55H72N12O15/c1-29(69)45(54(80)67-23-11-18-42(67)53(79)63-40(51(77)66-46(30(2)70)55(81)82)26-33-27-59-36-17-10-9-16-34(33)36)65-52(78)41(28-68)64-50(76)39(25-32-14-7-4-8-15-32)62-49(75)38(24-31-12-5-3-6-13-31)61-48(74)37(20-22-44(58)72)60-47(73)35(56)19-21-43(57)71/h3-10,12-17,27,29-30,35,37-42,45-46,59,68-70H,11,18-26,28,56H2,1-2H3,(H2,57,71)(H2,58,72)(H,60,73)(H,61,74)(H,62,75)(H,63,79)(H,64,76)(H,65,78)(H,66,77)(H,81,82)/t29-,30-,35+,37+,38+,39+,40+,41+,42+,45+,46+/m1/s1. The van der Waals surface area contributed by atoms with Crippen LogP contribution in [-0.2, 0) is 72.0 Å². The van der Waals surface area contributed by atoms with E-state index in [4.69, 9.17) is 17.2 Å². The first kappa shape index (κ1) is 64.0. The molecule has 27 heteroatoms. The van der Waals surface area contributed by atoms with E-state index in [0.717, 1.165) is 4.90 Å². The number of aliphatic carboxylic acids is 1. The number of aromatic nitrogens is 1. The Balaban J connectivity index is 1.34. The van der Waals surface area contributed by atoms with Gasteiger partial charge < -0.3 is 84.7 Å². The van der Waals surface area contributed by atoms with E-state index in [1.165, 1.54) is 13.8 Å². The fourth-order valence-electron chi connectivity index (χ4n) is 9.16. The van der Waals surface area contributed by atoms with E-state index in [9.17, 15) is 73.2 Å². The van der Waals surface area contributed by atoms with Crippen molar-refractivity contribution >= 4 is 75.9 Å². The zero-order valence-corrected chi connectivity index (χ0v) is 45.2. The smallest absolute Gasteiger partial charge is 0.328 e. The quantitative estimate of drug-likeness (QED) is 0.0230. The number of aromatic amines is 1. The molecule has 18 N–H and O–H groups in total. The van der Waals surface area contributed by atoms with Crippen LogP contribution in [0.15, 0.2) is 91.1 Å². The maximum Gasteiger partial charge on any atom is 0.328 e. The molecule has 442 valence electrons. The van der Waals surface area contributed by atoms with Gasteiger partial charge >= 0.3 is 5.97 Å². The van der Waals surface area contributed by atoms with Crippen LogP contribution in [0.5, 0.6) is 0 Å². The highest BCUT2D eigenvalue weighted by molar-refractivity contribution is 5.99. The minimum absolute atomic E-state index is 0.0551. The van der Waals surface area contributed by atoms with E-state index in [1.807, 2.05) is 0 Å². The van der Waals surface area contributed by atoms with Crippen molar-refractivity contribution < 1.29 is 73.2 Å². The summed E-state index contributed by atoms with van der Waals surface area (Å²) in [5.74, 6) is -10.8. The van der Waals surface area contributed by atoms with Crippen molar-refractivity contribution in [1.29, 1.82) is 0 Å². The Morgan fingerprint density at radius 2 is 1.05 bits per heavy atom. The molecule has 0 spiro atoms. The lowest BCUT2D eigenvalue weighted by atomic mass is 10.0. The number of H-pyrrole nitrogens is 1. The Morgan fingerprint density at radius 1 is 0.585 bits per heavy atom. The lowest BCUT2D eigenvalue weighted by molar-refractivity contribution is -0.146. The number of hydrogen-bond acceptors (Lipinski definition) is 15. The number of carboxylic acids is 1. The first-order chi connectivity index (χ1) is 39.0. The Bertz CT molecular complexity index is 2910. The Kier molecular flexibility index (Phi) is 24.0. The third kappa shape index (κ3) is 18.6. The number of carboxylic acid groups (broad SMARTS) is 1. The molecule has 1 aliphatic rings. The second-order valence-electron chi connectivity index (χ2n) is 20.0. The van der Waals surface area contributed by atoms with Crippen molar-refractivity contribution in [2.75, 3.05) is 13.2 Å². The van der Waals surface area contributed by atoms with Crippen molar-refractivity contribution in [2.24, 2.45) is 17.2 Å². The summed E-state index contributed by atoms with van der Waals surface area (Å²) >= 11 is 0. The van der Waals surface area contributed by atoms with Gasteiger partial charge in [0.2, 0.25) is 59.1 Å². The normalized spacial score (nSPS) is 16.7. The minimum atomic E-state index is -1.83. The maximum atomic E-state index is 14.4. The first-order valence-electron chi connectivity index (χ1n) is 26.6. The summed E-state index contributed by atoms with van der Waals surface area (Å²) in [5, 5.41) is 59.3. The topological polar surface area (TPSA) is 450 Å². The number of fused-ring (bicyclic) bond motifs is 1. The molecule has 0 saturated carbocycles. The molecule has 3 aromatic carbocycles. The number of aliphatic hydroxyl groups excluding tert-OH is 3. The fraction of sp³-hybridized carbons (Fsp3) is 0.436. The van der Waals surface area contributed by atoms with Gasteiger partial charge in [-0.1, -0.05) is 78.9 Å². The number of carbonyl (C=O) groups excluding carboxylic acids is 10. The first-order valence-corrected chi connectivity index (χ1v) is 26.6. The molecule has 1 fully saturated rings. The highest BCUT2D eigenvalue weighted by Crippen LogP contribution is 2.23. The summed E-state index contributed by atoms with van der Waals surface area (Å²) in [7, 11) is 0. The predicted molar refractivity (Wildman–Crippen MR) is 293 cm³/mol. The maximum absolute atomic E-state index is 14.4. The number of hydrogen-bond donors (Lipinski definition) is 15. The lowest BCUT2D eigenvalue weighted by Crippen LogP contribution is -2.62. The van der Waals surface area contributed by atoms with Crippen LogP contribution in [0.3, 0.4) is 0 Å². The summed E-state index contributed by atoms with van der Waals surface area (Å²) in [5.41, 5.74) is 18.8. The van der Waals surface area contributed by atoms with Crippen LogP contribution in [0.1, 0.15) is 69.1 Å². The zero-order chi connectivity index (χ0) is 60.2. The highest BCUT2D eigenvalue weighted by atomic mass is 16.4. The van der Waals surface area contributed by atoms with Crippen LogP contribution in [0.4, 0.5) is 0 Å². The summed E-state index contributed by atoms with van der Waals surface area (Å²) in [4.78, 5) is 151. The number of nitrogens with two attached hydrogens (primary N) is 3. The van der Waals surface area contributed by atoms with Gasteiger partial charge in [-0.2, -0.15) is 0 Å². The van der Waals surface area contributed by atoms with Gasteiger partial charge in [0.1, 0.15) is 42.3 Å². The van der Waals surface area contributed by atoms with Crippen LogP contribution >= 0.6 is 0 Å². The number of aliphatic hydroxyl groups is 3. The molecule has 10 amide bonds. The Labute approximate surface area is 471 Å². The number of likely N-dealkylation sites (tertiary alicyclic amines) is 1. The molecule has 4 aromatic rings. The number of rotatable bonds is 31. The van der Waals surface area contributed by atoms with Gasteiger partial charge in [-0.05, 0) is 62.3 Å². The predicted octanol–water partition coefficient (Wildman–Crippen LogP) is -3.72. The van der Waals surface area contributed by atoms with Crippen LogP contribution in [0.2, 0.25) is 0 Å². The number of primary amides is 2. The zero-order valence-electron chi connectivity index (χ0n) is 45.2. The molecule has 1 saturated heterocycles. The number of benzene rings is 3. The van der Waals surface area contributed by atoms with E-state index < -0.39 is 138 Å². The molecule has 1 aromatic heterocycles. The van der Waals surface area contributed by atoms with E-state index in [2.05, 4.69) is 42.2 Å². The molecular formula is C55H72N12O15. The number of nitrogens with one attached hydrogen (secondary N) is 8. The summed E-state index contributed by atoms with van der Waals surface area (Å²) in [6.07, 6.45) is -2.91. The average Bonchev–Trinajstić information content (AvgIpc) is 4.20. The van der Waals surface area contributed by atoms with Crippen molar-refractivity contribution in [1.82, 2.24) is 47.1 Å². The van der Waals surface area contributed by atoms with Gasteiger partial charge in [-0.3, -0.25) is 47.9 Å². The summed E-state index contributed by atoms with van der Waals surface area (Å²) in [6, 6.07) is 9.89. The SMILES string of the molecule is C[C@@H](O)[C@H](NC(=O)[C@H](Cc1c[nH]c2ccccc12)NC(=O)[C@@H]1CCCN1C(=O)[C@@H](NC(=O)[C@H](CO)NC(=O)[C@H](Cc1ccccc1)NC(=O)[C@H](Cc1ccccc1)NC(=O)[C@H](CCC(N)=O)NC(=O)[C@@H](N)CCC(N)=O)[C@@H](C)O)C(=O)O. The number of para-hydroxylation sites is 1. The van der Waals surface area contributed by atoms with Gasteiger partial charge in [0, 0.05) is 55.7 Å². The van der Waals surface area contributed by atoms with E-state index in [0.29, 0.717) is 27.6 Å². The van der Waals surface area contributed by atoms with Crippen molar-refractivity contribution in [3.05, 3.63) is 108 Å². The largest absolute Gasteiger partial charge is 0.480 e. The molecule has 0 bridgehead atoms. The molecule has 82 heavy (non-hydrogen) atoms. The summed E-state index contributed by atoms with van der Waals surface area (Å²) < 4.78 is 0. The van der Waals surface area contributed by atoms with E-state index in [-0.39, 0.29) is 64.3 Å². The Morgan fingerprint density at radius 3 is 1.59 bits per heavy atom. The van der Waals surface area contributed by atoms with Crippen molar-refractivity contribution in [2.45, 2.75) is 138 Å². The van der Waals surface area contributed by atoms with Crippen LogP contribution < -0.4 is 54.4 Å². The molecule has 0 aliphatic carbocycles. The molecular weight excluding hydrogens is 1070 g/mol. The molecule has 5 rings (SSSR count). The third-order valence-electron chi connectivity index (χ3n) is 13.7. The second-order valence-corrected chi connectivity index (χ2v) is 20.0. The van der Waals surface area contributed by atoms with Gasteiger partial charge in [-0.25, -0.2) is 4.79 Å². The number of nitrogens with zero attached hydrogens (tertiary/aromatic N) is 1. The minimum Gasteiger partial charge on any atom is -0.480 e. The molecule has 0 radical (unpaired) electrons. The monoisotopic (exact) mass is 1140 g/mol. The van der Waals surface area contributed by atoms with Gasteiger partial charge in [0.25, 0.3) is 0 Å². The van der Waals surface area contributed by atoms with Gasteiger partial charge in [0.15, 0.2) is 6.04 Å². The molecule has 0 unspecified atom stereocenters. The van der Waals surface area contributed by atoms with E-state index in [1.54, 1.807) is 91.1 Å². The van der Waals surface area contributed by atoms with Crippen molar-refractivity contribution in [3.63, 3.8) is 0 Å². The van der Waals surface area contributed by atoms with Gasteiger partial charge in [0.05, 0.1) is 24.9 Å². The number of amides is 10. The third-order valence-corrected chi connectivity index (χ3v) is 13.7. The lowest BCUT2D eigenvalue weighted by Gasteiger charge is -2.32. The summed E-state index contributed by atoms with van der Waals surface area (Å²) in [6.45, 7) is 1.21. The molecule has 2 heterocycles. The van der Waals surface area contributed by atoms with Crippen molar-refractivity contribution in [3.8, 4) is 0 Å². The fourth-order valence-corrected chi connectivity index (χ4v) is 9.16. The molecule has 1 aliphatic heterocycles. The highest BCUT2D eigenvalue weighted by Gasteiger charge is 2.42. The average molecular weight is 1140 g/mol. The molecule has 11 atom stereocenters. The van der Waals surface area contributed by atoms with E-state index >= 15 is 0 Å². The number of carbonyl (C=O) groups is 11. The molecule has 27 nitrogen and oxygen atoms in total. The Hall–Kier alpha value is -8.79.